The number of carboxylic acid groups (broad SMARTS) is 2. The summed E-state index contributed by atoms with van der Waals surface area (Å²) in [5.74, 6) is -2.90. The molecule has 13 heavy (non-hydrogen) atoms. The summed E-state index contributed by atoms with van der Waals surface area (Å²) in [5, 5.41) is 20.3. The maximum absolute atomic E-state index is 10.8. The van der Waals surface area contributed by atoms with Crippen LogP contribution in [-0.2, 0) is 9.59 Å². The Labute approximate surface area is 75.7 Å². The topological polar surface area (TPSA) is 86.6 Å². The Bertz CT molecular complexity index is 240. The fraction of sp³-hybridized carbons (Fsp3) is 0.750. The zero-order chi connectivity index (χ0) is 10.2. The first-order valence-corrected chi connectivity index (χ1v) is 4.16. The Morgan fingerprint density at radius 2 is 1.69 bits per heavy atom. The molecule has 0 aromatic rings. The maximum Gasteiger partial charge on any atom is 0.321 e. The van der Waals surface area contributed by atoms with Gasteiger partial charge in [-0.15, -0.1) is 0 Å². The lowest BCUT2D eigenvalue weighted by Gasteiger charge is -2.13. The van der Waals surface area contributed by atoms with E-state index >= 15 is 0 Å². The van der Waals surface area contributed by atoms with Crippen LogP contribution in [0.15, 0.2) is 0 Å². The summed E-state index contributed by atoms with van der Waals surface area (Å²) in [7, 11) is 0. The monoisotopic (exact) mass is 187 g/mol. The van der Waals surface area contributed by atoms with Gasteiger partial charge in [-0.2, -0.15) is 0 Å². The molecule has 4 atom stereocenters. The van der Waals surface area contributed by atoms with Crippen LogP contribution < -0.4 is 5.32 Å². The Kier molecular flexibility index (Phi) is 2.56. The predicted octanol–water partition coefficient (Wildman–Crippen LogP) is -0.232. The molecule has 1 aliphatic rings. The van der Waals surface area contributed by atoms with Gasteiger partial charge in [0.1, 0.15) is 6.04 Å². The molecule has 0 spiro atoms. The van der Waals surface area contributed by atoms with Gasteiger partial charge >= 0.3 is 11.9 Å². The minimum Gasteiger partial charge on any atom is -0.481 e. The first kappa shape index (κ1) is 9.98. The van der Waals surface area contributed by atoms with E-state index in [0.717, 1.165) is 0 Å². The molecule has 4 unspecified atom stereocenters. The number of carbonyl (C=O) groups is 2. The van der Waals surface area contributed by atoms with E-state index in [9.17, 15) is 9.59 Å². The molecule has 1 fully saturated rings. The third-order valence-electron chi connectivity index (χ3n) is 2.62. The van der Waals surface area contributed by atoms with Gasteiger partial charge < -0.3 is 15.5 Å². The van der Waals surface area contributed by atoms with Gasteiger partial charge in [0.05, 0.1) is 5.92 Å². The van der Waals surface area contributed by atoms with Gasteiger partial charge in [0, 0.05) is 6.04 Å². The van der Waals surface area contributed by atoms with Gasteiger partial charge in [-0.3, -0.25) is 9.59 Å². The molecule has 0 aromatic heterocycles. The van der Waals surface area contributed by atoms with E-state index < -0.39 is 23.9 Å². The van der Waals surface area contributed by atoms with Crippen LogP contribution >= 0.6 is 0 Å². The summed E-state index contributed by atoms with van der Waals surface area (Å²) in [4.78, 5) is 21.4. The molecule has 0 aliphatic carbocycles. The Morgan fingerprint density at radius 1 is 1.15 bits per heavy atom. The third-order valence-corrected chi connectivity index (χ3v) is 2.62. The molecule has 0 amide bonds. The number of carboxylic acids is 2. The van der Waals surface area contributed by atoms with E-state index in [0.29, 0.717) is 0 Å². The molecule has 0 saturated carbocycles. The summed E-state index contributed by atoms with van der Waals surface area (Å²) in [6.07, 6.45) is 0. The molecule has 5 heteroatoms. The van der Waals surface area contributed by atoms with Gasteiger partial charge in [-0.1, -0.05) is 6.92 Å². The standard InChI is InChI=1S/C8H13NO4/c1-3-5(7(10)11)4(2)9-6(3)8(12)13/h3-6,9H,1-2H3,(H,10,11)(H,12,13). The van der Waals surface area contributed by atoms with Crippen LogP contribution in [0.4, 0.5) is 0 Å². The maximum atomic E-state index is 10.8. The lowest BCUT2D eigenvalue weighted by molar-refractivity contribution is -0.144. The molecule has 0 bridgehead atoms. The van der Waals surface area contributed by atoms with Crippen molar-refractivity contribution in [2.75, 3.05) is 0 Å². The molecule has 0 aromatic carbocycles. The van der Waals surface area contributed by atoms with Crippen LogP contribution in [0.3, 0.4) is 0 Å². The Morgan fingerprint density at radius 3 is 1.92 bits per heavy atom. The number of hydrogen-bond donors (Lipinski definition) is 3. The third kappa shape index (κ3) is 1.65. The van der Waals surface area contributed by atoms with Crippen LogP contribution in [0, 0.1) is 11.8 Å². The van der Waals surface area contributed by atoms with Gasteiger partial charge in [-0.25, -0.2) is 0 Å². The van der Waals surface area contributed by atoms with Gasteiger partial charge in [0.2, 0.25) is 0 Å². The molecule has 1 heterocycles. The zero-order valence-corrected chi connectivity index (χ0v) is 7.52. The Hall–Kier alpha value is -1.10. The van der Waals surface area contributed by atoms with Crippen molar-refractivity contribution in [3.8, 4) is 0 Å². The number of hydrogen-bond acceptors (Lipinski definition) is 3. The van der Waals surface area contributed by atoms with E-state index in [1.807, 2.05) is 0 Å². The van der Waals surface area contributed by atoms with E-state index in [-0.39, 0.29) is 12.0 Å². The minimum atomic E-state index is -0.983. The molecule has 0 radical (unpaired) electrons. The number of nitrogens with one attached hydrogen (secondary N) is 1. The van der Waals surface area contributed by atoms with Crippen LogP contribution in [0.1, 0.15) is 13.8 Å². The van der Waals surface area contributed by atoms with Crippen LogP contribution in [0.5, 0.6) is 0 Å². The minimum absolute atomic E-state index is 0.284. The van der Waals surface area contributed by atoms with Crippen molar-refractivity contribution in [3.05, 3.63) is 0 Å². The van der Waals surface area contributed by atoms with Crippen LogP contribution in [-0.4, -0.2) is 34.2 Å². The van der Waals surface area contributed by atoms with E-state index in [2.05, 4.69) is 5.32 Å². The normalized spacial score (nSPS) is 38.9. The van der Waals surface area contributed by atoms with Crippen molar-refractivity contribution in [1.82, 2.24) is 5.32 Å². The first-order chi connectivity index (χ1) is 5.95. The van der Waals surface area contributed by atoms with Crippen molar-refractivity contribution >= 4 is 11.9 Å². The second-order valence-electron chi connectivity index (χ2n) is 3.49. The summed E-state index contributed by atoms with van der Waals surface area (Å²) in [6.45, 7) is 3.34. The fourth-order valence-corrected chi connectivity index (χ4v) is 1.94. The molecule has 1 rings (SSSR count). The summed E-state index contributed by atoms with van der Waals surface area (Å²) in [5.41, 5.74) is 0. The van der Waals surface area contributed by atoms with Crippen LogP contribution in [0.2, 0.25) is 0 Å². The first-order valence-electron chi connectivity index (χ1n) is 4.16. The lowest BCUT2D eigenvalue weighted by Crippen LogP contribution is -2.36. The molecule has 5 nitrogen and oxygen atoms in total. The summed E-state index contributed by atoms with van der Waals surface area (Å²) in [6, 6.07) is -1.02. The van der Waals surface area contributed by atoms with E-state index in [4.69, 9.17) is 10.2 Å². The second-order valence-corrected chi connectivity index (χ2v) is 3.49. The van der Waals surface area contributed by atoms with Gasteiger partial charge in [0.15, 0.2) is 0 Å². The molecule has 3 N–H and O–H groups in total. The van der Waals surface area contributed by atoms with Crippen molar-refractivity contribution in [2.45, 2.75) is 25.9 Å². The van der Waals surface area contributed by atoms with Gasteiger partial charge in [0.25, 0.3) is 0 Å². The Balaban J connectivity index is 2.81. The number of aliphatic carboxylic acids is 2. The van der Waals surface area contributed by atoms with Crippen molar-refractivity contribution in [2.24, 2.45) is 11.8 Å². The highest BCUT2D eigenvalue weighted by atomic mass is 16.4. The lowest BCUT2D eigenvalue weighted by atomic mass is 9.89. The highest BCUT2D eigenvalue weighted by Gasteiger charge is 2.45. The predicted molar refractivity (Wildman–Crippen MR) is 44.3 cm³/mol. The van der Waals surface area contributed by atoms with Crippen LogP contribution in [0.25, 0.3) is 0 Å². The second kappa shape index (κ2) is 3.33. The average Bonchev–Trinajstić information content (AvgIpc) is 2.26. The van der Waals surface area contributed by atoms with Gasteiger partial charge in [-0.05, 0) is 12.8 Å². The van der Waals surface area contributed by atoms with E-state index in [1.165, 1.54) is 0 Å². The fourth-order valence-electron chi connectivity index (χ4n) is 1.94. The largest absolute Gasteiger partial charge is 0.481 e. The van der Waals surface area contributed by atoms with Crippen molar-refractivity contribution < 1.29 is 19.8 Å². The molecular formula is C8H13NO4. The quantitative estimate of drug-likeness (QED) is 0.555. The molecular weight excluding hydrogens is 174 g/mol. The highest BCUT2D eigenvalue weighted by Crippen LogP contribution is 2.27. The van der Waals surface area contributed by atoms with Crippen molar-refractivity contribution in [1.29, 1.82) is 0 Å². The summed E-state index contributed by atoms with van der Waals surface area (Å²) >= 11 is 0. The zero-order valence-electron chi connectivity index (χ0n) is 7.52. The molecule has 1 aliphatic heterocycles. The SMILES string of the molecule is CC1NC(C(=O)O)C(C)C1C(=O)O. The average molecular weight is 187 g/mol. The molecule has 74 valence electrons. The molecule has 1 saturated heterocycles. The smallest absolute Gasteiger partial charge is 0.321 e. The summed E-state index contributed by atoms with van der Waals surface area (Å²) < 4.78 is 0. The highest BCUT2D eigenvalue weighted by molar-refractivity contribution is 5.79. The van der Waals surface area contributed by atoms with E-state index in [1.54, 1.807) is 13.8 Å². The number of rotatable bonds is 2. The van der Waals surface area contributed by atoms with Crippen molar-refractivity contribution in [3.63, 3.8) is 0 Å².